The maximum atomic E-state index is 12.6. The molecule has 21 heavy (non-hydrogen) atoms. The van der Waals surface area contributed by atoms with Crippen LogP contribution in [0.2, 0.25) is 0 Å². The Bertz CT molecular complexity index is 561. The third-order valence-electron chi connectivity index (χ3n) is 4.31. The Balaban J connectivity index is 1.65. The molecule has 1 aromatic rings. The summed E-state index contributed by atoms with van der Waals surface area (Å²) in [6.07, 6.45) is 2.42. The van der Waals surface area contributed by atoms with Gasteiger partial charge in [-0.2, -0.15) is 0 Å². The summed E-state index contributed by atoms with van der Waals surface area (Å²) in [5, 5.41) is 2.90. The van der Waals surface area contributed by atoms with Crippen molar-refractivity contribution in [3.05, 3.63) is 29.8 Å². The molecule has 0 aromatic heterocycles. The van der Waals surface area contributed by atoms with Crippen LogP contribution in [0.25, 0.3) is 0 Å². The zero-order valence-corrected chi connectivity index (χ0v) is 13.0. The maximum absolute atomic E-state index is 12.6. The Morgan fingerprint density at radius 3 is 2.90 bits per heavy atom. The summed E-state index contributed by atoms with van der Waals surface area (Å²) in [5.74, 6) is 0.685. The average Bonchev–Trinajstić information content (AvgIpc) is 2.77. The number of benzene rings is 1. The van der Waals surface area contributed by atoms with E-state index in [4.69, 9.17) is 0 Å². The fraction of sp³-hybridized carbons (Fsp3) is 0.500. The minimum absolute atomic E-state index is 0.0755. The lowest BCUT2D eigenvalue weighted by atomic mass is 10.1. The highest BCUT2D eigenvalue weighted by molar-refractivity contribution is 8.00. The molecule has 1 aromatic carbocycles. The number of nitrogens with one attached hydrogen (secondary N) is 1. The first kappa shape index (κ1) is 14.4. The van der Waals surface area contributed by atoms with Gasteiger partial charge in [0, 0.05) is 29.9 Å². The number of fused-ring (bicyclic) bond motifs is 2. The van der Waals surface area contributed by atoms with Gasteiger partial charge in [-0.3, -0.25) is 9.59 Å². The first-order valence-electron chi connectivity index (χ1n) is 7.41. The van der Waals surface area contributed by atoms with Gasteiger partial charge in [0.2, 0.25) is 11.8 Å². The van der Waals surface area contributed by atoms with Crippen LogP contribution in [0.3, 0.4) is 0 Å². The van der Waals surface area contributed by atoms with E-state index in [1.54, 1.807) is 11.8 Å². The van der Waals surface area contributed by atoms with Gasteiger partial charge in [-0.1, -0.05) is 18.2 Å². The molecule has 5 heteroatoms. The number of thioether (sulfide) groups is 1. The summed E-state index contributed by atoms with van der Waals surface area (Å²) >= 11 is 1.59. The standard InChI is InChI=1S/C16H20N2O2S/c1-11-4-2-3-5-14(11)21-10-16(20)18-12-6-7-13(18)9-17-15(19)8-12/h2-5,12-13H,6-10H2,1H3,(H,17,19)/t12-,13+/m1/s1. The van der Waals surface area contributed by atoms with E-state index >= 15 is 0 Å². The Kier molecular flexibility index (Phi) is 4.19. The van der Waals surface area contributed by atoms with Crippen LogP contribution in [0, 0.1) is 6.92 Å². The highest BCUT2D eigenvalue weighted by Crippen LogP contribution is 2.30. The number of hydrogen-bond donors (Lipinski definition) is 1. The van der Waals surface area contributed by atoms with E-state index in [-0.39, 0.29) is 23.9 Å². The zero-order chi connectivity index (χ0) is 14.8. The summed E-state index contributed by atoms with van der Waals surface area (Å²) < 4.78 is 0. The Hall–Kier alpha value is -1.49. The second-order valence-corrected chi connectivity index (χ2v) is 6.77. The van der Waals surface area contributed by atoms with E-state index in [0.29, 0.717) is 18.7 Å². The van der Waals surface area contributed by atoms with Crippen molar-refractivity contribution in [2.24, 2.45) is 0 Å². The molecule has 0 unspecified atom stereocenters. The molecular weight excluding hydrogens is 284 g/mol. The van der Waals surface area contributed by atoms with Crippen molar-refractivity contribution < 1.29 is 9.59 Å². The second kappa shape index (κ2) is 6.10. The van der Waals surface area contributed by atoms with E-state index in [2.05, 4.69) is 24.4 Å². The molecule has 2 fully saturated rings. The molecule has 4 nitrogen and oxygen atoms in total. The van der Waals surface area contributed by atoms with Crippen LogP contribution in [-0.2, 0) is 9.59 Å². The van der Waals surface area contributed by atoms with Gasteiger partial charge in [0.1, 0.15) is 0 Å². The molecule has 2 aliphatic heterocycles. The first-order chi connectivity index (χ1) is 10.1. The molecule has 2 aliphatic rings. The van der Waals surface area contributed by atoms with Crippen LogP contribution < -0.4 is 5.32 Å². The number of carbonyl (C=O) groups excluding carboxylic acids is 2. The van der Waals surface area contributed by atoms with Crippen molar-refractivity contribution >= 4 is 23.6 Å². The number of rotatable bonds is 3. The van der Waals surface area contributed by atoms with E-state index in [1.165, 1.54) is 5.56 Å². The molecule has 3 rings (SSSR count). The third kappa shape index (κ3) is 3.07. The van der Waals surface area contributed by atoms with Gasteiger partial charge in [0.15, 0.2) is 0 Å². The fourth-order valence-corrected chi connectivity index (χ4v) is 4.12. The molecule has 2 heterocycles. The fourth-order valence-electron chi connectivity index (χ4n) is 3.22. The molecule has 2 amide bonds. The predicted molar refractivity (Wildman–Crippen MR) is 83.2 cm³/mol. The summed E-state index contributed by atoms with van der Waals surface area (Å²) in [4.78, 5) is 27.3. The maximum Gasteiger partial charge on any atom is 0.233 e. The summed E-state index contributed by atoms with van der Waals surface area (Å²) in [5.41, 5.74) is 1.20. The molecule has 0 radical (unpaired) electrons. The van der Waals surface area contributed by atoms with Crippen LogP contribution in [0.4, 0.5) is 0 Å². The van der Waals surface area contributed by atoms with Crippen molar-refractivity contribution in [1.29, 1.82) is 0 Å². The van der Waals surface area contributed by atoms with Gasteiger partial charge < -0.3 is 10.2 Å². The lowest BCUT2D eigenvalue weighted by Crippen LogP contribution is -2.43. The van der Waals surface area contributed by atoms with Crippen LogP contribution in [-0.4, -0.2) is 41.1 Å². The quantitative estimate of drug-likeness (QED) is 0.869. The lowest BCUT2D eigenvalue weighted by molar-refractivity contribution is -0.131. The number of aryl methyl sites for hydroxylation is 1. The lowest BCUT2D eigenvalue weighted by Gasteiger charge is -2.27. The van der Waals surface area contributed by atoms with Gasteiger partial charge >= 0.3 is 0 Å². The number of nitrogens with zero attached hydrogens (tertiary/aromatic N) is 1. The average molecular weight is 304 g/mol. The number of amides is 2. The van der Waals surface area contributed by atoms with Gasteiger partial charge in [0.05, 0.1) is 5.75 Å². The van der Waals surface area contributed by atoms with Crippen LogP contribution in [0.1, 0.15) is 24.8 Å². The molecule has 2 bridgehead atoms. The summed E-state index contributed by atoms with van der Waals surface area (Å²) in [6, 6.07) is 8.40. The topological polar surface area (TPSA) is 49.4 Å². The van der Waals surface area contributed by atoms with Gasteiger partial charge in [-0.15, -0.1) is 11.8 Å². The molecule has 2 atom stereocenters. The SMILES string of the molecule is Cc1ccccc1SCC(=O)N1[C@@H]2CC[C@H]1CNC(=O)C2. The Morgan fingerprint density at radius 2 is 2.10 bits per heavy atom. The van der Waals surface area contributed by atoms with Crippen molar-refractivity contribution in [2.75, 3.05) is 12.3 Å². The third-order valence-corrected chi connectivity index (χ3v) is 5.47. The number of hydrogen-bond acceptors (Lipinski definition) is 3. The van der Waals surface area contributed by atoms with Crippen molar-refractivity contribution in [3.63, 3.8) is 0 Å². The summed E-state index contributed by atoms with van der Waals surface area (Å²) in [7, 11) is 0. The Morgan fingerprint density at radius 1 is 1.33 bits per heavy atom. The van der Waals surface area contributed by atoms with Gasteiger partial charge in [0.25, 0.3) is 0 Å². The minimum Gasteiger partial charge on any atom is -0.354 e. The van der Waals surface area contributed by atoms with E-state index in [0.717, 1.165) is 17.7 Å². The Labute approximate surface area is 129 Å². The van der Waals surface area contributed by atoms with Crippen molar-refractivity contribution in [3.8, 4) is 0 Å². The predicted octanol–water partition coefficient (Wildman–Crippen LogP) is 1.97. The van der Waals surface area contributed by atoms with Crippen LogP contribution in [0.5, 0.6) is 0 Å². The molecule has 0 spiro atoms. The van der Waals surface area contributed by atoms with E-state index < -0.39 is 0 Å². The summed E-state index contributed by atoms with van der Waals surface area (Å²) in [6.45, 7) is 2.67. The minimum atomic E-state index is 0.0755. The normalized spacial score (nSPS) is 24.6. The second-order valence-electron chi connectivity index (χ2n) is 5.75. The number of carbonyl (C=O) groups is 2. The van der Waals surface area contributed by atoms with E-state index in [9.17, 15) is 9.59 Å². The van der Waals surface area contributed by atoms with Crippen molar-refractivity contribution in [1.82, 2.24) is 10.2 Å². The van der Waals surface area contributed by atoms with Gasteiger partial charge in [-0.25, -0.2) is 0 Å². The molecule has 112 valence electrons. The molecule has 0 aliphatic carbocycles. The molecule has 0 saturated carbocycles. The van der Waals surface area contributed by atoms with Crippen LogP contribution in [0.15, 0.2) is 29.2 Å². The zero-order valence-electron chi connectivity index (χ0n) is 12.2. The van der Waals surface area contributed by atoms with Crippen LogP contribution >= 0.6 is 11.8 Å². The first-order valence-corrected chi connectivity index (χ1v) is 8.40. The van der Waals surface area contributed by atoms with Gasteiger partial charge in [-0.05, 0) is 31.4 Å². The van der Waals surface area contributed by atoms with E-state index in [1.807, 2.05) is 17.0 Å². The monoisotopic (exact) mass is 304 g/mol. The van der Waals surface area contributed by atoms with Crippen molar-refractivity contribution in [2.45, 2.75) is 43.2 Å². The highest BCUT2D eigenvalue weighted by atomic mass is 32.2. The smallest absolute Gasteiger partial charge is 0.233 e. The molecular formula is C16H20N2O2S. The highest BCUT2D eigenvalue weighted by Gasteiger charge is 2.39. The molecule has 1 N–H and O–H groups in total. The largest absolute Gasteiger partial charge is 0.354 e. The molecule has 2 saturated heterocycles.